The number of hydrogen-bond donors (Lipinski definition) is 2. The van der Waals surface area contributed by atoms with E-state index in [0.717, 1.165) is 37.5 Å². The van der Waals surface area contributed by atoms with Gasteiger partial charge in [-0.15, -0.1) is 6.42 Å². The molecule has 6 nitrogen and oxygen atoms in total. The lowest BCUT2D eigenvalue weighted by Gasteiger charge is -2.32. The Kier molecular flexibility index (Phi) is 7.51. The summed E-state index contributed by atoms with van der Waals surface area (Å²) in [5.74, 6) is 2.02. The molecule has 2 aromatic rings. The van der Waals surface area contributed by atoms with Crippen molar-refractivity contribution in [3.05, 3.63) is 64.7 Å². The molecule has 1 fully saturated rings. The standard InChI is InChI=1S/C22H24ClN3O3S/c1-2-13-24-30(28,29)21-9-5-18(6-10-21)22(27)25-20-11-14-26(15-12-20)16-17-3-7-19(23)8-4-17/h1,3-10,20,24H,11-16H2,(H,25,27). The third-order valence-electron chi connectivity index (χ3n) is 5.03. The first kappa shape index (κ1) is 22.3. The predicted molar refractivity (Wildman–Crippen MR) is 118 cm³/mol. The molecular weight excluding hydrogens is 422 g/mol. The lowest BCUT2D eigenvalue weighted by atomic mass is 10.0. The molecule has 0 aromatic heterocycles. The van der Waals surface area contributed by atoms with E-state index in [1.807, 2.05) is 24.3 Å². The zero-order chi connectivity index (χ0) is 21.6. The van der Waals surface area contributed by atoms with E-state index in [1.54, 1.807) is 0 Å². The van der Waals surface area contributed by atoms with Gasteiger partial charge in [-0.2, -0.15) is 4.72 Å². The van der Waals surface area contributed by atoms with E-state index in [2.05, 4.69) is 20.9 Å². The van der Waals surface area contributed by atoms with Gasteiger partial charge in [-0.1, -0.05) is 29.7 Å². The van der Waals surface area contributed by atoms with Crippen molar-refractivity contribution in [3.8, 4) is 12.3 Å². The Hall–Kier alpha value is -2.37. The summed E-state index contributed by atoms with van der Waals surface area (Å²) in [6, 6.07) is 13.8. The van der Waals surface area contributed by atoms with Gasteiger partial charge in [0.1, 0.15) is 0 Å². The second-order valence-corrected chi connectivity index (χ2v) is 9.41. The van der Waals surface area contributed by atoms with E-state index in [1.165, 1.54) is 29.8 Å². The number of sulfonamides is 1. The molecule has 1 heterocycles. The zero-order valence-electron chi connectivity index (χ0n) is 16.5. The molecule has 3 rings (SSSR count). The van der Waals surface area contributed by atoms with Crippen LogP contribution in [-0.4, -0.2) is 44.9 Å². The van der Waals surface area contributed by atoms with Crippen LogP contribution in [0.2, 0.25) is 5.02 Å². The molecule has 0 aliphatic carbocycles. The van der Waals surface area contributed by atoms with Gasteiger partial charge in [0, 0.05) is 36.3 Å². The Bertz CT molecular complexity index is 1010. The Morgan fingerprint density at radius 3 is 2.33 bits per heavy atom. The number of rotatable bonds is 7. The van der Waals surface area contributed by atoms with Crippen molar-refractivity contribution in [2.45, 2.75) is 30.3 Å². The fourth-order valence-corrected chi connectivity index (χ4v) is 4.42. The van der Waals surface area contributed by atoms with E-state index >= 15 is 0 Å². The quantitative estimate of drug-likeness (QED) is 0.642. The van der Waals surface area contributed by atoms with Crippen molar-refractivity contribution in [2.75, 3.05) is 19.6 Å². The molecule has 0 radical (unpaired) electrons. The minimum atomic E-state index is -3.66. The summed E-state index contributed by atoms with van der Waals surface area (Å²) in [4.78, 5) is 15.0. The third kappa shape index (κ3) is 6.07. The summed E-state index contributed by atoms with van der Waals surface area (Å²) in [6.07, 6.45) is 6.81. The number of carbonyl (C=O) groups is 1. The first-order chi connectivity index (χ1) is 14.4. The Morgan fingerprint density at radius 2 is 1.73 bits per heavy atom. The summed E-state index contributed by atoms with van der Waals surface area (Å²) in [7, 11) is -3.66. The molecule has 8 heteroatoms. The fourth-order valence-electron chi connectivity index (χ4n) is 3.36. The monoisotopic (exact) mass is 445 g/mol. The number of likely N-dealkylation sites (tertiary alicyclic amines) is 1. The van der Waals surface area contributed by atoms with Gasteiger partial charge < -0.3 is 5.32 Å². The molecule has 2 N–H and O–H groups in total. The highest BCUT2D eigenvalue weighted by atomic mass is 35.5. The molecule has 1 saturated heterocycles. The van der Waals surface area contributed by atoms with Gasteiger partial charge in [-0.3, -0.25) is 9.69 Å². The largest absolute Gasteiger partial charge is 0.349 e. The number of nitrogens with one attached hydrogen (secondary N) is 2. The van der Waals surface area contributed by atoms with Crippen molar-refractivity contribution in [3.63, 3.8) is 0 Å². The first-order valence-electron chi connectivity index (χ1n) is 9.68. The van der Waals surface area contributed by atoms with E-state index in [0.29, 0.717) is 5.56 Å². The molecule has 0 bridgehead atoms. The second-order valence-electron chi connectivity index (χ2n) is 7.20. The highest BCUT2D eigenvalue weighted by Crippen LogP contribution is 2.17. The highest BCUT2D eigenvalue weighted by Gasteiger charge is 2.21. The maximum atomic E-state index is 12.5. The van der Waals surface area contributed by atoms with Crippen LogP contribution in [0.5, 0.6) is 0 Å². The van der Waals surface area contributed by atoms with Crippen LogP contribution in [0.25, 0.3) is 0 Å². The SMILES string of the molecule is C#CCNS(=O)(=O)c1ccc(C(=O)NC2CCN(Cc3ccc(Cl)cc3)CC2)cc1. The van der Waals surface area contributed by atoms with Crippen LogP contribution in [-0.2, 0) is 16.6 Å². The minimum Gasteiger partial charge on any atom is -0.349 e. The summed E-state index contributed by atoms with van der Waals surface area (Å²) < 4.78 is 26.4. The van der Waals surface area contributed by atoms with E-state index < -0.39 is 10.0 Å². The maximum Gasteiger partial charge on any atom is 0.251 e. The maximum absolute atomic E-state index is 12.5. The number of carbonyl (C=O) groups excluding carboxylic acids is 1. The van der Waals surface area contributed by atoms with Crippen molar-refractivity contribution in [1.82, 2.24) is 14.9 Å². The lowest BCUT2D eigenvalue weighted by molar-refractivity contribution is 0.0909. The number of terminal acetylenes is 1. The molecule has 1 aliphatic rings. The smallest absolute Gasteiger partial charge is 0.251 e. The normalized spacial score (nSPS) is 15.5. The van der Waals surface area contributed by atoms with Crippen molar-refractivity contribution < 1.29 is 13.2 Å². The third-order valence-corrected chi connectivity index (χ3v) is 6.70. The average molecular weight is 446 g/mol. The van der Waals surface area contributed by atoms with Crippen molar-refractivity contribution in [2.24, 2.45) is 0 Å². The zero-order valence-corrected chi connectivity index (χ0v) is 18.0. The van der Waals surface area contributed by atoms with Gasteiger partial charge in [0.2, 0.25) is 10.0 Å². The topological polar surface area (TPSA) is 78.5 Å². The van der Waals surface area contributed by atoms with E-state index in [9.17, 15) is 13.2 Å². The van der Waals surface area contributed by atoms with Crippen LogP contribution in [0, 0.1) is 12.3 Å². The molecule has 0 atom stereocenters. The van der Waals surface area contributed by atoms with Gasteiger partial charge >= 0.3 is 0 Å². The van der Waals surface area contributed by atoms with Crippen LogP contribution < -0.4 is 10.0 Å². The molecule has 1 amide bonds. The predicted octanol–water partition coefficient (Wildman–Crippen LogP) is 2.65. The molecule has 2 aromatic carbocycles. The number of amides is 1. The van der Waals surface area contributed by atoms with E-state index in [4.69, 9.17) is 18.0 Å². The van der Waals surface area contributed by atoms with Gasteiger partial charge in [0.25, 0.3) is 5.91 Å². The van der Waals surface area contributed by atoms with Crippen LogP contribution in [0.1, 0.15) is 28.8 Å². The molecule has 0 spiro atoms. The van der Waals surface area contributed by atoms with Gasteiger partial charge in [-0.25, -0.2) is 8.42 Å². The summed E-state index contributed by atoms with van der Waals surface area (Å²) in [5.41, 5.74) is 1.64. The Morgan fingerprint density at radius 1 is 1.10 bits per heavy atom. The number of hydrogen-bond acceptors (Lipinski definition) is 4. The first-order valence-corrected chi connectivity index (χ1v) is 11.5. The molecule has 0 saturated carbocycles. The highest BCUT2D eigenvalue weighted by molar-refractivity contribution is 7.89. The Balaban J connectivity index is 1.49. The number of nitrogens with zero attached hydrogens (tertiary/aromatic N) is 1. The van der Waals surface area contributed by atoms with Gasteiger partial charge in [0.15, 0.2) is 0 Å². The summed E-state index contributed by atoms with van der Waals surface area (Å²) in [5, 5.41) is 3.78. The molecule has 1 aliphatic heterocycles. The fraction of sp³-hybridized carbons (Fsp3) is 0.318. The van der Waals surface area contributed by atoms with Gasteiger partial charge in [-0.05, 0) is 54.8 Å². The van der Waals surface area contributed by atoms with Crippen LogP contribution in [0.3, 0.4) is 0 Å². The average Bonchev–Trinajstić information content (AvgIpc) is 2.75. The number of halogens is 1. The van der Waals surface area contributed by atoms with Crippen LogP contribution in [0.4, 0.5) is 0 Å². The molecule has 158 valence electrons. The summed E-state index contributed by atoms with van der Waals surface area (Å²) >= 11 is 5.93. The van der Waals surface area contributed by atoms with Gasteiger partial charge in [0.05, 0.1) is 11.4 Å². The van der Waals surface area contributed by atoms with Crippen LogP contribution in [0.15, 0.2) is 53.4 Å². The summed E-state index contributed by atoms with van der Waals surface area (Å²) in [6.45, 7) is 2.57. The molecular formula is C22H24ClN3O3S. The molecule has 0 unspecified atom stereocenters. The number of benzene rings is 2. The number of piperidine rings is 1. The van der Waals surface area contributed by atoms with Crippen molar-refractivity contribution >= 4 is 27.5 Å². The molecule has 30 heavy (non-hydrogen) atoms. The Labute approximate surface area is 182 Å². The van der Waals surface area contributed by atoms with Crippen LogP contribution >= 0.6 is 11.6 Å². The minimum absolute atomic E-state index is 0.0739. The van der Waals surface area contributed by atoms with Crippen molar-refractivity contribution in [1.29, 1.82) is 0 Å². The van der Waals surface area contributed by atoms with E-state index in [-0.39, 0.29) is 23.4 Å². The lowest BCUT2D eigenvalue weighted by Crippen LogP contribution is -2.44. The second kappa shape index (κ2) is 10.1.